The summed E-state index contributed by atoms with van der Waals surface area (Å²) in [5, 5.41) is 0. The van der Waals surface area contributed by atoms with Crippen molar-refractivity contribution in [2.24, 2.45) is 0 Å². The van der Waals surface area contributed by atoms with Crippen LogP contribution in [0.1, 0.15) is 24.0 Å². The van der Waals surface area contributed by atoms with Crippen molar-refractivity contribution < 1.29 is 4.74 Å². The van der Waals surface area contributed by atoms with Gasteiger partial charge in [-0.05, 0) is 24.5 Å². The summed E-state index contributed by atoms with van der Waals surface area (Å²) in [5.74, 6) is 1.62. The summed E-state index contributed by atoms with van der Waals surface area (Å²) in [6.07, 6.45) is 6.16. The highest BCUT2D eigenvalue weighted by molar-refractivity contribution is 6.17. The molecular weight excluding hydrogens is 268 g/mol. The van der Waals surface area contributed by atoms with Crippen molar-refractivity contribution in [3.05, 3.63) is 65.7 Å². The molecule has 2 aromatic carbocycles. The average Bonchev–Trinajstić information content (AvgIpc) is 2.51. The van der Waals surface area contributed by atoms with Crippen LogP contribution in [0.2, 0.25) is 0 Å². The van der Waals surface area contributed by atoms with Crippen molar-refractivity contribution in [3.8, 4) is 5.75 Å². The SMILES string of the molecule is ClCCCCOc1ccccc1C=Cc1ccccc1. The topological polar surface area (TPSA) is 9.23 Å². The van der Waals surface area contributed by atoms with Crippen molar-refractivity contribution in [2.45, 2.75) is 12.8 Å². The molecule has 104 valence electrons. The van der Waals surface area contributed by atoms with Gasteiger partial charge in [-0.25, -0.2) is 0 Å². The monoisotopic (exact) mass is 286 g/mol. The van der Waals surface area contributed by atoms with Crippen molar-refractivity contribution in [1.82, 2.24) is 0 Å². The second-order valence-electron chi connectivity index (χ2n) is 4.53. The molecule has 0 N–H and O–H groups in total. The molecule has 0 bridgehead atoms. The zero-order chi connectivity index (χ0) is 14.0. The summed E-state index contributed by atoms with van der Waals surface area (Å²) in [6.45, 7) is 0.711. The van der Waals surface area contributed by atoms with Crippen LogP contribution in [-0.2, 0) is 0 Å². The average molecular weight is 287 g/mol. The van der Waals surface area contributed by atoms with Gasteiger partial charge in [0.2, 0.25) is 0 Å². The highest BCUT2D eigenvalue weighted by atomic mass is 35.5. The van der Waals surface area contributed by atoms with E-state index in [0.717, 1.165) is 24.2 Å². The summed E-state index contributed by atoms with van der Waals surface area (Å²) in [7, 11) is 0. The van der Waals surface area contributed by atoms with Crippen LogP contribution in [0.3, 0.4) is 0 Å². The number of ether oxygens (including phenoxy) is 1. The number of hydrogen-bond acceptors (Lipinski definition) is 1. The normalized spacial score (nSPS) is 10.8. The predicted molar refractivity (Wildman–Crippen MR) is 87.3 cm³/mol. The first kappa shape index (κ1) is 14.7. The summed E-state index contributed by atoms with van der Waals surface area (Å²) >= 11 is 5.67. The molecule has 0 amide bonds. The highest BCUT2D eigenvalue weighted by Crippen LogP contribution is 2.21. The van der Waals surface area contributed by atoms with Crippen molar-refractivity contribution in [3.63, 3.8) is 0 Å². The lowest BCUT2D eigenvalue weighted by molar-refractivity contribution is 0.309. The number of hydrogen-bond donors (Lipinski definition) is 0. The van der Waals surface area contributed by atoms with Crippen molar-refractivity contribution >= 4 is 23.8 Å². The first-order valence-corrected chi connectivity index (χ1v) is 7.44. The number of halogens is 1. The lowest BCUT2D eigenvalue weighted by Crippen LogP contribution is -1.98. The van der Waals surface area contributed by atoms with E-state index in [-0.39, 0.29) is 0 Å². The zero-order valence-corrected chi connectivity index (χ0v) is 12.2. The predicted octanol–water partition coefficient (Wildman–Crippen LogP) is 5.25. The van der Waals surface area contributed by atoms with E-state index in [4.69, 9.17) is 16.3 Å². The Labute approximate surface area is 125 Å². The minimum absolute atomic E-state index is 0.693. The fourth-order valence-electron chi connectivity index (χ4n) is 1.88. The standard InChI is InChI=1S/C18H19ClO/c19-14-6-7-15-20-18-11-5-4-10-17(18)13-12-16-8-2-1-3-9-16/h1-5,8-13H,6-7,14-15H2. The molecule has 0 aliphatic carbocycles. The molecule has 20 heavy (non-hydrogen) atoms. The van der Waals surface area contributed by atoms with Gasteiger partial charge in [0.1, 0.15) is 5.75 Å². The maximum atomic E-state index is 5.82. The fourth-order valence-corrected chi connectivity index (χ4v) is 2.07. The lowest BCUT2D eigenvalue weighted by atomic mass is 10.1. The van der Waals surface area contributed by atoms with Gasteiger partial charge in [-0.15, -0.1) is 11.6 Å². The van der Waals surface area contributed by atoms with Gasteiger partial charge in [0.25, 0.3) is 0 Å². The third-order valence-corrected chi connectivity index (χ3v) is 3.23. The van der Waals surface area contributed by atoms with Gasteiger partial charge < -0.3 is 4.74 Å². The van der Waals surface area contributed by atoms with Crippen LogP contribution in [0, 0.1) is 0 Å². The molecule has 2 rings (SSSR count). The van der Waals surface area contributed by atoms with Crippen LogP contribution < -0.4 is 4.74 Å². The molecular formula is C18H19ClO. The number of alkyl halides is 1. The van der Waals surface area contributed by atoms with E-state index in [9.17, 15) is 0 Å². The zero-order valence-electron chi connectivity index (χ0n) is 11.5. The number of rotatable bonds is 7. The lowest BCUT2D eigenvalue weighted by Gasteiger charge is -2.08. The van der Waals surface area contributed by atoms with Crippen molar-refractivity contribution in [1.29, 1.82) is 0 Å². The van der Waals surface area contributed by atoms with Crippen LogP contribution in [0.4, 0.5) is 0 Å². The summed E-state index contributed by atoms with van der Waals surface area (Å²) in [4.78, 5) is 0. The number of unbranched alkanes of at least 4 members (excludes halogenated alkanes) is 1. The maximum Gasteiger partial charge on any atom is 0.126 e. The maximum absolute atomic E-state index is 5.82. The van der Waals surface area contributed by atoms with Crippen LogP contribution in [0.25, 0.3) is 12.2 Å². The first-order chi connectivity index (χ1) is 9.90. The summed E-state index contributed by atoms with van der Waals surface area (Å²) < 4.78 is 5.82. The van der Waals surface area contributed by atoms with Gasteiger partial charge in [0.15, 0.2) is 0 Å². The van der Waals surface area contributed by atoms with Crippen LogP contribution in [0.5, 0.6) is 5.75 Å². The van der Waals surface area contributed by atoms with E-state index in [2.05, 4.69) is 30.4 Å². The minimum atomic E-state index is 0.693. The van der Waals surface area contributed by atoms with Crippen molar-refractivity contribution in [2.75, 3.05) is 12.5 Å². The summed E-state index contributed by atoms with van der Waals surface area (Å²) in [5.41, 5.74) is 2.28. The Hall–Kier alpha value is -1.73. The van der Waals surface area contributed by atoms with E-state index in [0.29, 0.717) is 12.5 Å². The van der Waals surface area contributed by atoms with Gasteiger partial charge in [-0.2, -0.15) is 0 Å². The molecule has 0 spiro atoms. The van der Waals surface area contributed by atoms with Gasteiger partial charge in [0.05, 0.1) is 6.61 Å². The molecule has 0 fully saturated rings. The van der Waals surface area contributed by atoms with E-state index in [1.807, 2.05) is 36.4 Å². The molecule has 0 saturated carbocycles. The van der Waals surface area contributed by atoms with Crippen LogP contribution in [-0.4, -0.2) is 12.5 Å². The first-order valence-electron chi connectivity index (χ1n) is 6.91. The molecule has 0 unspecified atom stereocenters. The van der Waals surface area contributed by atoms with Gasteiger partial charge >= 0.3 is 0 Å². The smallest absolute Gasteiger partial charge is 0.126 e. The Balaban J connectivity index is 2.02. The van der Waals surface area contributed by atoms with Crippen LogP contribution >= 0.6 is 11.6 Å². The quantitative estimate of drug-likeness (QED) is 0.383. The highest BCUT2D eigenvalue weighted by Gasteiger charge is 1.99. The molecule has 2 heteroatoms. The van der Waals surface area contributed by atoms with E-state index in [1.165, 1.54) is 5.56 Å². The molecule has 0 aliphatic rings. The molecule has 0 heterocycles. The Bertz CT molecular complexity index is 534. The summed E-state index contributed by atoms with van der Waals surface area (Å²) in [6, 6.07) is 18.4. The van der Waals surface area contributed by atoms with E-state index >= 15 is 0 Å². The second kappa shape index (κ2) is 8.44. The molecule has 2 aromatic rings. The Morgan fingerprint density at radius 1 is 0.850 bits per heavy atom. The third kappa shape index (κ3) is 4.75. The molecule has 0 atom stereocenters. The molecule has 0 aliphatic heterocycles. The minimum Gasteiger partial charge on any atom is -0.493 e. The van der Waals surface area contributed by atoms with Gasteiger partial charge in [-0.3, -0.25) is 0 Å². The molecule has 0 radical (unpaired) electrons. The number of para-hydroxylation sites is 1. The Morgan fingerprint density at radius 3 is 2.40 bits per heavy atom. The van der Waals surface area contributed by atoms with E-state index in [1.54, 1.807) is 0 Å². The fraction of sp³-hybridized carbons (Fsp3) is 0.222. The number of benzene rings is 2. The second-order valence-corrected chi connectivity index (χ2v) is 4.90. The van der Waals surface area contributed by atoms with Crippen LogP contribution in [0.15, 0.2) is 54.6 Å². The Kier molecular flexibility index (Phi) is 6.19. The van der Waals surface area contributed by atoms with Gasteiger partial charge in [-0.1, -0.05) is 60.7 Å². The third-order valence-electron chi connectivity index (χ3n) is 2.96. The molecule has 1 nitrogen and oxygen atoms in total. The van der Waals surface area contributed by atoms with E-state index < -0.39 is 0 Å². The molecule has 0 aromatic heterocycles. The largest absolute Gasteiger partial charge is 0.493 e. The Morgan fingerprint density at radius 2 is 1.60 bits per heavy atom. The molecule has 0 saturated heterocycles. The van der Waals surface area contributed by atoms with Gasteiger partial charge in [0, 0.05) is 11.4 Å².